The van der Waals surface area contributed by atoms with Crippen LogP contribution in [0.5, 0.6) is 0 Å². The Bertz CT molecular complexity index is 351. The van der Waals surface area contributed by atoms with E-state index < -0.39 is 0 Å². The standard InChI is InChI=1S/C21H38O3/c1-3-4-5-6-7-8-9-10-11-12-19(22)15-13-18-14-16-20(23)21(17-18)24-2/h11-12,18,20-21,23H,3-10,13-17H2,1-2H3/b12-11+. The number of ether oxygens (including phenoxy) is 1. The molecule has 3 heteroatoms. The summed E-state index contributed by atoms with van der Waals surface area (Å²) in [6.07, 6.45) is 17.9. The van der Waals surface area contributed by atoms with Crippen molar-refractivity contribution >= 4 is 5.78 Å². The minimum absolute atomic E-state index is 0.0493. The molecule has 0 heterocycles. The number of methoxy groups -OCH3 is 1. The molecule has 0 aliphatic heterocycles. The van der Waals surface area contributed by atoms with E-state index in [1.165, 1.54) is 44.9 Å². The first-order chi connectivity index (χ1) is 11.7. The largest absolute Gasteiger partial charge is 0.390 e. The van der Waals surface area contributed by atoms with Crippen LogP contribution in [0.3, 0.4) is 0 Å². The Balaban J connectivity index is 2.03. The van der Waals surface area contributed by atoms with E-state index in [1.807, 2.05) is 0 Å². The van der Waals surface area contributed by atoms with E-state index in [2.05, 4.69) is 13.0 Å². The van der Waals surface area contributed by atoms with Gasteiger partial charge in [-0.1, -0.05) is 51.5 Å². The molecule has 0 saturated heterocycles. The molecule has 1 fully saturated rings. The second-order valence-electron chi connectivity index (χ2n) is 7.34. The van der Waals surface area contributed by atoms with Gasteiger partial charge in [-0.15, -0.1) is 0 Å². The molecule has 0 radical (unpaired) electrons. The third-order valence-electron chi connectivity index (χ3n) is 5.25. The van der Waals surface area contributed by atoms with Gasteiger partial charge in [-0.3, -0.25) is 4.79 Å². The Labute approximate surface area is 148 Å². The molecule has 1 aliphatic rings. The molecule has 1 aliphatic carbocycles. The minimum atomic E-state index is -0.330. The van der Waals surface area contributed by atoms with Crippen molar-refractivity contribution in [3.05, 3.63) is 12.2 Å². The number of allylic oxidation sites excluding steroid dienone is 2. The van der Waals surface area contributed by atoms with Crippen LogP contribution in [0.25, 0.3) is 0 Å². The Morgan fingerprint density at radius 3 is 2.54 bits per heavy atom. The van der Waals surface area contributed by atoms with Gasteiger partial charge in [-0.25, -0.2) is 0 Å². The van der Waals surface area contributed by atoms with Crippen molar-refractivity contribution in [3.8, 4) is 0 Å². The van der Waals surface area contributed by atoms with Gasteiger partial charge in [0.15, 0.2) is 5.78 Å². The number of aliphatic hydroxyl groups excluding tert-OH is 1. The van der Waals surface area contributed by atoms with Gasteiger partial charge in [-0.05, 0) is 50.5 Å². The van der Waals surface area contributed by atoms with Crippen LogP contribution in [0.1, 0.15) is 90.4 Å². The molecule has 0 spiro atoms. The molecule has 24 heavy (non-hydrogen) atoms. The van der Waals surface area contributed by atoms with E-state index >= 15 is 0 Å². The van der Waals surface area contributed by atoms with Crippen LogP contribution in [0.2, 0.25) is 0 Å². The molecule has 0 aromatic carbocycles. The van der Waals surface area contributed by atoms with Crippen molar-refractivity contribution in [2.75, 3.05) is 7.11 Å². The Morgan fingerprint density at radius 2 is 1.83 bits per heavy atom. The van der Waals surface area contributed by atoms with Crippen molar-refractivity contribution in [3.63, 3.8) is 0 Å². The van der Waals surface area contributed by atoms with Crippen molar-refractivity contribution < 1.29 is 14.6 Å². The van der Waals surface area contributed by atoms with E-state index in [1.54, 1.807) is 13.2 Å². The molecule has 3 unspecified atom stereocenters. The smallest absolute Gasteiger partial charge is 0.155 e. The second-order valence-corrected chi connectivity index (χ2v) is 7.34. The normalized spacial score (nSPS) is 24.5. The fraction of sp³-hybridized carbons (Fsp3) is 0.857. The summed E-state index contributed by atoms with van der Waals surface area (Å²) in [5.41, 5.74) is 0. The summed E-state index contributed by atoms with van der Waals surface area (Å²) in [6, 6.07) is 0. The topological polar surface area (TPSA) is 46.5 Å². The fourth-order valence-electron chi connectivity index (χ4n) is 3.58. The molecule has 1 rings (SSSR count). The van der Waals surface area contributed by atoms with Gasteiger partial charge in [0.05, 0.1) is 12.2 Å². The van der Waals surface area contributed by atoms with Gasteiger partial charge >= 0.3 is 0 Å². The maximum Gasteiger partial charge on any atom is 0.155 e. The highest BCUT2D eigenvalue weighted by Crippen LogP contribution is 2.29. The molecule has 0 aromatic heterocycles. The second kappa shape index (κ2) is 13.6. The monoisotopic (exact) mass is 338 g/mol. The number of rotatable bonds is 13. The molecule has 0 aromatic rings. The molecular weight excluding hydrogens is 300 g/mol. The lowest BCUT2D eigenvalue weighted by atomic mass is 9.82. The third kappa shape index (κ3) is 9.58. The Kier molecular flexibility index (Phi) is 12.1. The highest BCUT2D eigenvalue weighted by atomic mass is 16.5. The molecule has 140 valence electrons. The highest BCUT2D eigenvalue weighted by Gasteiger charge is 2.28. The zero-order valence-corrected chi connectivity index (χ0v) is 15.8. The van der Waals surface area contributed by atoms with Crippen molar-refractivity contribution in [2.45, 2.75) is 103 Å². The number of unbranched alkanes of at least 4 members (excludes halogenated alkanes) is 7. The summed E-state index contributed by atoms with van der Waals surface area (Å²) in [4.78, 5) is 11.9. The summed E-state index contributed by atoms with van der Waals surface area (Å²) in [7, 11) is 1.66. The van der Waals surface area contributed by atoms with E-state index in [0.29, 0.717) is 12.3 Å². The molecule has 3 nitrogen and oxygen atoms in total. The SMILES string of the molecule is CCCCCCCCC/C=C/C(=O)CCC1CCC(O)C(OC)C1. The summed E-state index contributed by atoms with van der Waals surface area (Å²) >= 11 is 0. The first-order valence-electron chi connectivity index (χ1n) is 10.1. The van der Waals surface area contributed by atoms with Gasteiger partial charge in [0, 0.05) is 13.5 Å². The number of hydrogen-bond donors (Lipinski definition) is 1. The van der Waals surface area contributed by atoms with E-state index in [4.69, 9.17) is 4.74 Å². The van der Waals surface area contributed by atoms with Crippen LogP contribution < -0.4 is 0 Å². The van der Waals surface area contributed by atoms with Crippen molar-refractivity contribution in [1.29, 1.82) is 0 Å². The van der Waals surface area contributed by atoms with Crippen LogP contribution in [0.4, 0.5) is 0 Å². The highest BCUT2D eigenvalue weighted by molar-refractivity contribution is 5.89. The number of ketones is 1. The van der Waals surface area contributed by atoms with Gasteiger partial charge in [0.25, 0.3) is 0 Å². The minimum Gasteiger partial charge on any atom is -0.390 e. The summed E-state index contributed by atoms with van der Waals surface area (Å²) in [5.74, 6) is 0.761. The average molecular weight is 339 g/mol. The maximum atomic E-state index is 11.9. The van der Waals surface area contributed by atoms with Gasteiger partial charge in [0.2, 0.25) is 0 Å². The quantitative estimate of drug-likeness (QED) is 0.370. The fourth-order valence-corrected chi connectivity index (χ4v) is 3.58. The van der Waals surface area contributed by atoms with E-state index in [9.17, 15) is 9.90 Å². The molecule has 0 amide bonds. The molecule has 1 N–H and O–H groups in total. The summed E-state index contributed by atoms with van der Waals surface area (Å²) < 4.78 is 5.32. The first kappa shape index (κ1) is 21.4. The number of aliphatic hydroxyl groups is 1. The average Bonchev–Trinajstić information content (AvgIpc) is 2.59. The molecule has 1 saturated carbocycles. The predicted octanol–water partition coefficient (Wildman–Crippen LogP) is 5.21. The lowest BCUT2D eigenvalue weighted by Crippen LogP contribution is -2.35. The van der Waals surface area contributed by atoms with Crippen LogP contribution in [0, 0.1) is 5.92 Å². The molecule has 3 atom stereocenters. The van der Waals surface area contributed by atoms with E-state index in [-0.39, 0.29) is 18.0 Å². The zero-order valence-electron chi connectivity index (χ0n) is 15.8. The summed E-state index contributed by atoms with van der Waals surface area (Å²) in [5, 5.41) is 9.81. The van der Waals surface area contributed by atoms with Crippen molar-refractivity contribution in [1.82, 2.24) is 0 Å². The van der Waals surface area contributed by atoms with Crippen LogP contribution >= 0.6 is 0 Å². The lowest BCUT2D eigenvalue weighted by Gasteiger charge is -2.32. The lowest BCUT2D eigenvalue weighted by molar-refractivity contribution is -0.115. The molecule has 0 bridgehead atoms. The number of carbonyl (C=O) groups is 1. The van der Waals surface area contributed by atoms with E-state index in [0.717, 1.165) is 32.1 Å². The first-order valence-corrected chi connectivity index (χ1v) is 10.1. The Hall–Kier alpha value is -0.670. The molecular formula is C21H38O3. The van der Waals surface area contributed by atoms with Crippen LogP contribution in [-0.4, -0.2) is 30.2 Å². The Morgan fingerprint density at radius 1 is 1.12 bits per heavy atom. The van der Waals surface area contributed by atoms with Gasteiger partial charge in [0.1, 0.15) is 0 Å². The predicted molar refractivity (Wildman–Crippen MR) is 100 cm³/mol. The van der Waals surface area contributed by atoms with Gasteiger partial charge < -0.3 is 9.84 Å². The third-order valence-corrected chi connectivity index (χ3v) is 5.25. The maximum absolute atomic E-state index is 11.9. The zero-order chi connectivity index (χ0) is 17.6. The van der Waals surface area contributed by atoms with Crippen LogP contribution in [0.15, 0.2) is 12.2 Å². The number of carbonyl (C=O) groups excluding carboxylic acids is 1. The summed E-state index contributed by atoms with van der Waals surface area (Å²) in [6.45, 7) is 2.25. The van der Waals surface area contributed by atoms with Crippen LogP contribution in [-0.2, 0) is 9.53 Å². The number of hydrogen-bond acceptors (Lipinski definition) is 3. The van der Waals surface area contributed by atoms with Gasteiger partial charge in [-0.2, -0.15) is 0 Å². The van der Waals surface area contributed by atoms with Crippen molar-refractivity contribution in [2.24, 2.45) is 5.92 Å².